The van der Waals surface area contributed by atoms with Gasteiger partial charge in [0.1, 0.15) is 17.1 Å². The number of esters is 1. The molecule has 30 heavy (non-hydrogen) atoms. The van der Waals surface area contributed by atoms with Crippen molar-refractivity contribution >= 4 is 16.9 Å². The highest BCUT2D eigenvalue weighted by Gasteiger charge is 2.40. The lowest BCUT2D eigenvalue weighted by atomic mass is 10.2. The van der Waals surface area contributed by atoms with E-state index in [0.717, 1.165) is 11.6 Å². The molecule has 0 radical (unpaired) electrons. The SMILES string of the molecule is CCOC(=O)COc1ccc2c(=O)c(Oc3cccc(C)c3)c(C(F)(F)F)oc2c1. The predicted molar refractivity (Wildman–Crippen MR) is 101 cm³/mol. The van der Waals surface area contributed by atoms with Gasteiger partial charge in [0, 0.05) is 6.07 Å². The van der Waals surface area contributed by atoms with E-state index in [1.54, 1.807) is 26.0 Å². The highest BCUT2D eigenvalue weighted by Crippen LogP contribution is 2.38. The predicted octanol–water partition coefficient (Wildman–Crippen LogP) is 4.85. The Balaban J connectivity index is 2.04. The molecule has 0 spiro atoms. The summed E-state index contributed by atoms with van der Waals surface area (Å²) in [5, 5.41) is -0.130. The van der Waals surface area contributed by atoms with Crippen molar-refractivity contribution in [3.63, 3.8) is 0 Å². The maximum Gasteiger partial charge on any atom is 0.453 e. The van der Waals surface area contributed by atoms with E-state index < -0.39 is 35.7 Å². The van der Waals surface area contributed by atoms with Gasteiger partial charge in [0.2, 0.25) is 11.2 Å². The molecule has 0 aliphatic heterocycles. The van der Waals surface area contributed by atoms with Crippen molar-refractivity contribution in [2.24, 2.45) is 0 Å². The van der Waals surface area contributed by atoms with Crippen molar-refractivity contribution in [3.8, 4) is 17.2 Å². The Hall–Kier alpha value is -3.49. The fourth-order valence-electron chi connectivity index (χ4n) is 2.67. The number of hydrogen-bond acceptors (Lipinski definition) is 6. The second-order valence-electron chi connectivity index (χ2n) is 6.26. The molecule has 0 amide bonds. The molecule has 0 N–H and O–H groups in total. The Bertz CT molecular complexity index is 1130. The number of alkyl halides is 3. The number of carbonyl (C=O) groups is 1. The van der Waals surface area contributed by atoms with E-state index in [-0.39, 0.29) is 29.1 Å². The van der Waals surface area contributed by atoms with Crippen LogP contribution in [0.1, 0.15) is 18.2 Å². The standard InChI is InChI=1S/C21H17F3O6/c1-3-27-17(25)11-28-13-7-8-15-16(10-13)30-20(21(22,23)24)19(18(15)26)29-14-6-4-5-12(2)9-14/h4-10H,3,11H2,1-2H3. The minimum absolute atomic E-state index is 0.0409. The lowest BCUT2D eigenvalue weighted by Gasteiger charge is -2.14. The van der Waals surface area contributed by atoms with Crippen LogP contribution in [0.4, 0.5) is 13.2 Å². The average Bonchev–Trinajstić information content (AvgIpc) is 2.67. The molecule has 0 unspecified atom stereocenters. The lowest BCUT2D eigenvalue weighted by molar-refractivity contribution is -0.154. The molecular formula is C21H17F3O6. The summed E-state index contributed by atoms with van der Waals surface area (Å²) in [5.41, 5.74) is -0.595. The first kappa shape index (κ1) is 21.2. The van der Waals surface area contributed by atoms with Gasteiger partial charge in [-0.25, -0.2) is 4.79 Å². The van der Waals surface area contributed by atoms with Crippen LogP contribution in [-0.2, 0) is 15.7 Å². The van der Waals surface area contributed by atoms with Crippen molar-refractivity contribution in [2.75, 3.05) is 13.2 Å². The van der Waals surface area contributed by atoms with Crippen LogP contribution in [0.5, 0.6) is 17.2 Å². The van der Waals surface area contributed by atoms with Crippen molar-refractivity contribution in [1.29, 1.82) is 0 Å². The van der Waals surface area contributed by atoms with Gasteiger partial charge in [-0.05, 0) is 43.7 Å². The molecule has 158 valence electrons. The summed E-state index contributed by atoms with van der Waals surface area (Å²) in [6.07, 6.45) is -4.98. The van der Waals surface area contributed by atoms with E-state index in [1.807, 2.05) is 0 Å². The van der Waals surface area contributed by atoms with Gasteiger partial charge in [0.25, 0.3) is 5.76 Å². The molecule has 3 aromatic rings. The number of aryl methyl sites for hydroxylation is 1. The maximum absolute atomic E-state index is 13.6. The summed E-state index contributed by atoms with van der Waals surface area (Å²) in [5.74, 6) is -3.05. The van der Waals surface area contributed by atoms with Crippen LogP contribution in [0.2, 0.25) is 0 Å². The number of halogens is 3. The first-order valence-corrected chi connectivity index (χ1v) is 8.90. The summed E-state index contributed by atoms with van der Waals surface area (Å²) in [7, 11) is 0. The summed E-state index contributed by atoms with van der Waals surface area (Å²) >= 11 is 0. The van der Waals surface area contributed by atoms with Crippen LogP contribution in [-0.4, -0.2) is 19.2 Å². The lowest BCUT2D eigenvalue weighted by Crippen LogP contribution is -2.16. The van der Waals surface area contributed by atoms with Crippen molar-refractivity contribution in [2.45, 2.75) is 20.0 Å². The molecule has 0 aliphatic carbocycles. The molecule has 6 nitrogen and oxygen atoms in total. The van der Waals surface area contributed by atoms with Gasteiger partial charge in [-0.1, -0.05) is 12.1 Å². The second kappa shape index (κ2) is 8.48. The van der Waals surface area contributed by atoms with Gasteiger partial charge in [-0.2, -0.15) is 13.2 Å². The number of fused-ring (bicyclic) bond motifs is 1. The molecule has 0 fully saturated rings. The van der Waals surface area contributed by atoms with Crippen LogP contribution in [0, 0.1) is 6.92 Å². The van der Waals surface area contributed by atoms with Gasteiger partial charge in [-0.15, -0.1) is 0 Å². The quantitative estimate of drug-likeness (QED) is 0.529. The summed E-state index contributed by atoms with van der Waals surface area (Å²) in [4.78, 5) is 24.1. The molecular weight excluding hydrogens is 405 g/mol. The van der Waals surface area contributed by atoms with E-state index in [9.17, 15) is 22.8 Å². The minimum atomic E-state index is -4.98. The van der Waals surface area contributed by atoms with Crippen molar-refractivity contribution in [1.82, 2.24) is 0 Å². The van der Waals surface area contributed by atoms with E-state index >= 15 is 0 Å². The number of rotatable bonds is 6. The van der Waals surface area contributed by atoms with Crippen molar-refractivity contribution < 1.29 is 36.6 Å². The van der Waals surface area contributed by atoms with Gasteiger partial charge in [0.15, 0.2) is 6.61 Å². The topological polar surface area (TPSA) is 75.0 Å². The first-order valence-electron chi connectivity index (χ1n) is 8.90. The molecule has 1 heterocycles. The number of benzene rings is 2. The summed E-state index contributed by atoms with van der Waals surface area (Å²) < 4.78 is 60.9. The highest BCUT2D eigenvalue weighted by atomic mass is 19.4. The normalized spacial score (nSPS) is 11.4. The number of hydrogen-bond donors (Lipinski definition) is 0. The fraction of sp³-hybridized carbons (Fsp3) is 0.238. The molecule has 1 aromatic heterocycles. The Morgan fingerprint density at radius 2 is 1.87 bits per heavy atom. The molecule has 3 rings (SSSR count). The van der Waals surface area contributed by atoms with Gasteiger partial charge < -0.3 is 18.6 Å². The molecule has 0 saturated carbocycles. The smallest absolute Gasteiger partial charge is 0.453 e. The number of carbonyl (C=O) groups excluding carboxylic acids is 1. The van der Waals surface area contributed by atoms with Gasteiger partial charge in [-0.3, -0.25) is 4.79 Å². The van der Waals surface area contributed by atoms with Crippen LogP contribution in [0.25, 0.3) is 11.0 Å². The molecule has 9 heteroatoms. The highest BCUT2D eigenvalue weighted by molar-refractivity contribution is 5.80. The second-order valence-corrected chi connectivity index (χ2v) is 6.26. The van der Waals surface area contributed by atoms with E-state index in [2.05, 4.69) is 0 Å². The molecule has 0 aliphatic rings. The Morgan fingerprint density at radius 3 is 2.53 bits per heavy atom. The molecule has 0 atom stereocenters. The average molecular weight is 422 g/mol. The van der Waals surface area contributed by atoms with E-state index in [4.69, 9.17) is 18.6 Å². The van der Waals surface area contributed by atoms with Crippen LogP contribution < -0.4 is 14.9 Å². The third-order valence-corrected chi connectivity index (χ3v) is 3.95. The molecule has 2 aromatic carbocycles. The monoisotopic (exact) mass is 422 g/mol. The molecule has 0 bridgehead atoms. The largest absolute Gasteiger partial charge is 0.482 e. The first-order chi connectivity index (χ1) is 14.2. The summed E-state index contributed by atoms with van der Waals surface area (Å²) in [6.45, 7) is 3.08. The minimum Gasteiger partial charge on any atom is -0.482 e. The van der Waals surface area contributed by atoms with Crippen LogP contribution >= 0.6 is 0 Å². The zero-order valence-corrected chi connectivity index (χ0v) is 16.0. The zero-order chi connectivity index (χ0) is 21.9. The Kier molecular flexibility index (Phi) is 6.00. The van der Waals surface area contributed by atoms with Crippen LogP contribution in [0.15, 0.2) is 51.7 Å². The fourth-order valence-corrected chi connectivity index (χ4v) is 2.67. The maximum atomic E-state index is 13.6. The third kappa shape index (κ3) is 4.73. The van der Waals surface area contributed by atoms with Crippen LogP contribution in [0.3, 0.4) is 0 Å². The Morgan fingerprint density at radius 1 is 1.10 bits per heavy atom. The van der Waals surface area contributed by atoms with E-state index in [1.165, 1.54) is 24.3 Å². The third-order valence-electron chi connectivity index (χ3n) is 3.95. The number of ether oxygens (including phenoxy) is 3. The summed E-state index contributed by atoms with van der Waals surface area (Å²) in [6, 6.07) is 9.93. The van der Waals surface area contributed by atoms with Crippen molar-refractivity contribution in [3.05, 3.63) is 64.0 Å². The van der Waals surface area contributed by atoms with E-state index in [0.29, 0.717) is 0 Å². The molecule has 0 saturated heterocycles. The Labute approximate surface area is 168 Å². The van der Waals surface area contributed by atoms with Gasteiger partial charge in [0.05, 0.1) is 12.0 Å². The zero-order valence-electron chi connectivity index (χ0n) is 16.0. The van der Waals surface area contributed by atoms with Gasteiger partial charge >= 0.3 is 12.1 Å².